The Balaban J connectivity index is 2.01. The van der Waals surface area contributed by atoms with Gasteiger partial charge in [0, 0.05) is 24.3 Å². The van der Waals surface area contributed by atoms with Crippen LogP contribution in [-0.2, 0) is 0 Å². The van der Waals surface area contributed by atoms with E-state index in [-0.39, 0.29) is 0 Å². The van der Waals surface area contributed by atoms with Crippen LogP contribution in [0.15, 0.2) is 22.8 Å². The second-order valence-corrected chi connectivity index (χ2v) is 4.57. The van der Waals surface area contributed by atoms with E-state index in [0.29, 0.717) is 0 Å². The summed E-state index contributed by atoms with van der Waals surface area (Å²) in [5, 5.41) is 0. The zero-order chi connectivity index (χ0) is 9.26. The van der Waals surface area contributed by atoms with Crippen LogP contribution in [0.2, 0.25) is 0 Å². The molecule has 0 bridgehead atoms. The highest BCUT2D eigenvalue weighted by Gasteiger charge is 2.23. The van der Waals surface area contributed by atoms with E-state index in [1.165, 1.54) is 12.8 Å². The molecule has 0 radical (unpaired) electrons. The first-order valence-electron chi connectivity index (χ1n) is 4.58. The number of hydrogen-bond donors (Lipinski definition) is 0. The van der Waals surface area contributed by atoms with Crippen molar-refractivity contribution in [2.24, 2.45) is 5.92 Å². The maximum Gasteiger partial charge on any atom is 0.128 e. The molecule has 1 aromatic rings. The molecule has 3 heteroatoms. The number of nitrogens with zero attached hydrogens (tertiary/aromatic N) is 2. The molecule has 0 N–H and O–H groups in total. The molecule has 0 amide bonds. The van der Waals surface area contributed by atoms with Crippen molar-refractivity contribution in [3.8, 4) is 0 Å². The normalized spacial score (nSPS) is 15.8. The lowest BCUT2D eigenvalue weighted by Gasteiger charge is -2.17. The molecule has 1 fully saturated rings. The molecule has 70 valence electrons. The number of pyridine rings is 1. The summed E-state index contributed by atoms with van der Waals surface area (Å²) in [6, 6.07) is 4.08. The average molecular weight is 241 g/mol. The Labute approximate surface area is 87.1 Å². The molecule has 2 nitrogen and oxygen atoms in total. The van der Waals surface area contributed by atoms with Crippen LogP contribution in [-0.4, -0.2) is 18.6 Å². The second-order valence-electron chi connectivity index (χ2n) is 3.66. The average Bonchev–Trinajstić information content (AvgIpc) is 2.89. The molecule has 0 atom stereocenters. The number of anilines is 1. The summed E-state index contributed by atoms with van der Waals surface area (Å²) in [5.41, 5.74) is 0. The van der Waals surface area contributed by atoms with Gasteiger partial charge in [0.25, 0.3) is 0 Å². The van der Waals surface area contributed by atoms with Gasteiger partial charge >= 0.3 is 0 Å². The predicted octanol–water partition coefficient (Wildman–Crippen LogP) is 2.69. The van der Waals surface area contributed by atoms with Gasteiger partial charge in [-0.1, -0.05) is 0 Å². The van der Waals surface area contributed by atoms with Crippen molar-refractivity contribution in [3.05, 3.63) is 22.8 Å². The van der Waals surface area contributed by atoms with Crippen molar-refractivity contribution < 1.29 is 0 Å². The van der Waals surface area contributed by atoms with Crippen LogP contribution in [0.5, 0.6) is 0 Å². The SMILES string of the molecule is CN(CC1CC1)c1ccc(Br)cn1. The third-order valence-electron chi connectivity index (χ3n) is 2.33. The Morgan fingerprint density at radius 3 is 2.85 bits per heavy atom. The van der Waals surface area contributed by atoms with Gasteiger partial charge in [0.15, 0.2) is 0 Å². The highest BCUT2D eigenvalue weighted by Crippen LogP contribution is 2.30. The third-order valence-corrected chi connectivity index (χ3v) is 2.80. The lowest BCUT2D eigenvalue weighted by molar-refractivity contribution is 0.777. The second kappa shape index (κ2) is 3.66. The molecular formula is C10H13BrN2. The number of aromatic nitrogens is 1. The van der Waals surface area contributed by atoms with Gasteiger partial charge in [0.2, 0.25) is 0 Å². The number of halogens is 1. The minimum Gasteiger partial charge on any atom is -0.359 e. The van der Waals surface area contributed by atoms with E-state index in [1.54, 1.807) is 0 Å². The molecule has 0 unspecified atom stereocenters. The van der Waals surface area contributed by atoms with Crippen molar-refractivity contribution in [2.45, 2.75) is 12.8 Å². The van der Waals surface area contributed by atoms with E-state index < -0.39 is 0 Å². The van der Waals surface area contributed by atoms with Gasteiger partial charge in [-0.3, -0.25) is 0 Å². The number of rotatable bonds is 3. The fourth-order valence-corrected chi connectivity index (χ4v) is 1.61. The lowest BCUT2D eigenvalue weighted by Crippen LogP contribution is -2.20. The van der Waals surface area contributed by atoms with E-state index in [1.807, 2.05) is 18.3 Å². The number of hydrogen-bond acceptors (Lipinski definition) is 2. The van der Waals surface area contributed by atoms with Crippen molar-refractivity contribution >= 4 is 21.7 Å². The Hall–Kier alpha value is -0.570. The molecule has 1 saturated carbocycles. The Morgan fingerprint density at radius 2 is 2.31 bits per heavy atom. The summed E-state index contributed by atoms with van der Waals surface area (Å²) >= 11 is 3.38. The smallest absolute Gasteiger partial charge is 0.128 e. The van der Waals surface area contributed by atoms with Crippen molar-refractivity contribution in [1.29, 1.82) is 0 Å². The summed E-state index contributed by atoms with van der Waals surface area (Å²) in [6.45, 7) is 1.15. The van der Waals surface area contributed by atoms with Crippen LogP contribution < -0.4 is 4.90 Å². The maximum atomic E-state index is 4.34. The van der Waals surface area contributed by atoms with Gasteiger partial charge in [-0.25, -0.2) is 4.98 Å². The summed E-state index contributed by atoms with van der Waals surface area (Å²) in [5.74, 6) is 1.98. The first kappa shape index (κ1) is 9.00. The first-order chi connectivity index (χ1) is 6.25. The van der Waals surface area contributed by atoms with Crippen LogP contribution in [0, 0.1) is 5.92 Å². The van der Waals surface area contributed by atoms with Crippen molar-refractivity contribution in [1.82, 2.24) is 4.98 Å². The predicted molar refractivity (Wildman–Crippen MR) is 57.9 cm³/mol. The van der Waals surface area contributed by atoms with Gasteiger partial charge < -0.3 is 4.90 Å². The third kappa shape index (κ3) is 2.44. The first-order valence-corrected chi connectivity index (χ1v) is 5.37. The molecule has 13 heavy (non-hydrogen) atoms. The van der Waals surface area contributed by atoms with Crippen molar-refractivity contribution in [3.63, 3.8) is 0 Å². The van der Waals surface area contributed by atoms with Crippen molar-refractivity contribution in [2.75, 3.05) is 18.5 Å². The van der Waals surface area contributed by atoms with Crippen LogP contribution in [0.25, 0.3) is 0 Å². The molecule has 0 aliphatic heterocycles. The van der Waals surface area contributed by atoms with Gasteiger partial charge in [0.1, 0.15) is 5.82 Å². The van der Waals surface area contributed by atoms with Gasteiger partial charge in [-0.2, -0.15) is 0 Å². The van der Waals surface area contributed by atoms with Crippen LogP contribution in [0.4, 0.5) is 5.82 Å². The molecule has 2 rings (SSSR count). The summed E-state index contributed by atoms with van der Waals surface area (Å²) in [7, 11) is 2.11. The summed E-state index contributed by atoms with van der Waals surface area (Å²) in [4.78, 5) is 6.56. The monoisotopic (exact) mass is 240 g/mol. The molecule has 0 saturated heterocycles. The molecule has 0 spiro atoms. The van der Waals surface area contributed by atoms with Gasteiger partial charge in [-0.05, 0) is 46.8 Å². The topological polar surface area (TPSA) is 16.1 Å². The molecule has 0 aromatic carbocycles. The summed E-state index contributed by atoms with van der Waals surface area (Å²) < 4.78 is 1.04. The minimum atomic E-state index is 0.912. The fourth-order valence-electron chi connectivity index (χ4n) is 1.38. The van der Waals surface area contributed by atoms with E-state index in [9.17, 15) is 0 Å². The van der Waals surface area contributed by atoms with Crippen LogP contribution >= 0.6 is 15.9 Å². The molecule has 1 heterocycles. The highest BCUT2D eigenvalue weighted by molar-refractivity contribution is 9.10. The summed E-state index contributed by atoms with van der Waals surface area (Å²) in [6.07, 6.45) is 4.63. The van der Waals surface area contributed by atoms with E-state index in [2.05, 4.69) is 32.9 Å². The Kier molecular flexibility index (Phi) is 2.54. The quantitative estimate of drug-likeness (QED) is 0.808. The minimum absolute atomic E-state index is 0.912. The van der Waals surface area contributed by atoms with E-state index >= 15 is 0 Å². The zero-order valence-corrected chi connectivity index (χ0v) is 9.29. The van der Waals surface area contributed by atoms with E-state index in [4.69, 9.17) is 0 Å². The molecular weight excluding hydrogens is 228 g/mol. The fraction of sp³-hybridized carbons (Fsp3) is 0.500. The molecule has 1 aromatic heterocycles. The van der Waals surface area contributed by atoms with Gasteiger partial charge in [-0.15, -0.1) is 0 Å². The highest BCUT2D eigenvalue weighted by atomic mass is 79.9. The Bertz CT molecular complexity index is 279. The molecule has 1 aliphatic carbocycles. The largest absolute Gasteiger partial charge is 0.359 e. The molecule has 1 aliphatic rings. The Morgan fingerprint density at radius 1 is 1.54 bits per heavy atom. The van der Waals surface area contributed by atoms with Crippen LogP contribution in [0.3, 0.4) is 0 Å². The van der Waals surface area contributed by atoms with E-state index in [0.717, 1.165) is 22.8 Å². The standard InChI is InChI=1S/C10H13BrN2/c1-13(7-8-2-3-8)10-5-4-9(11)6-12-10/h4-6,8H,2-3,7H2,1H3. The lowest BCUT2D eigenvalue weighted by atomic mass is 10.3. The zero-order valence-electron chi connectivity index (χ0n) is 7.70. The maximum absolute atomic E-state index is 4.34. The van der Waals surface area contributed by atoms with Crippen LogP contribution in [0.1, 0.15) is 12.8 Å². The van der Waals surface area contributed by atoms with Gasteiger partial charge in [0.05, 0.1) is 0 Å².